The zero-order valence-electron chi connectivity index (χ0n) is 8.50. The fraction of sp³-hybridized carbons (Fsp3) is 0. The van der Waals surface area contributed by atoms with Crippen LogP contribution in [0.2, 0.25) is 0 Å². The van der Waals surface area contributed by atoms with Gasteiger partial charge in [-0.3, -0.25) is 9.36 Å². The fourth-order valence-corrected chi connectivity index (χ4v) is 1.72. The number of hydrogen-bond donors (Lipinski definition) is 1. The van der Waals surface area contributed by atoms with Crippen LogP contribution in [0.25, 0.3) is 17.1 Å². The highest BCUT2D eigenvalue weighted by Gasteiger charge is 2.02. The van der Waals surface area contributed by atoms with Crippen LogP contribution in [0.4, 0.5) is 0 Å². The second-order valence-corrected chi connectivity index (χ2v) is 4.19. The van der Waals surface area contributed by atoms with Gasteiger partial charge in [-0.2, -0.15) is 0 Å². The molecule has 1 aromatic carbocycles. The minimum Gasteiger partial charge on any atom is -0.478 e. The Kier molecular flexibility index (Phi) is 3.06. The number of nitrogens with zero attached hydrogens (tertiary/aromatic N) is 2. The van der Waals surface area contributed by atoms with Gasteiger partial charge < -0.3 is 5.11 Å². The zero-order valence-corrected chi connectivity index (χ0v) is 10.1. The molecule has 0 aliphatic carbocycles. The predicted octanol–water partition coefficient (Wildman–Crippen LogP) is 1.71. The molecule has 0 fully saturated rings. The van der Waals surface area contributed by atoms with E-state index >= 15 is 0 Å². The Morgan fingerprint density at radius 1 is 1.47 bits per heavy atom. The SMILES string of the molecule is O=C(O)/C=C/n1cnc2ccc(Br)cc2c1=O. The molecule has 5 nitrogen and oxygen atoms in total. The molecule has 0 amide bonds. The summed E-state index contributed by atoms with van der Waals surface area (Å²) in [6.45, 7) is 0. The van der Waals surface area contributed by atoms with E-state index in [4.69, 9.17) is 5.11 Å². The average molecular weight is 295 g/mol. The predicted molar refractivity (Wildman–Crippen MR) is 66.7 cm³/mol. The molecular weight excluding hydrogens is 288 g/mol. The van der Waals surface area contributed by atoms with Crippen molar-refractivity contribution in [1.82, 2.24) is 9.55 Å². The van der Waals surface area contributed by atoms with E-state index < -0.39 is 5.97 Å². The van der Waals surface area contributed by atoms with E-state index in [0.29, 0.717) is 10.9 Å². The number of carbonyl (C=O) groups is 1. The van der Waals surface area contributed by atoms with E-state index in [1.807, 2.05) is 0 Å². The topological polar surface area (TPSA) is 72.2 Å². The molecule has 2 rings (SSSR count). The minimum absolute atomic E-state index is 0.311. The Morgan fingerprint density at radius 3 is 2.94 bits per heavy atom. The third kappa shape index (κ3) is 2.42. The van der Waals surface area contributed by atoms with Gasteiger partial charge in [0.05, 0.1) is 10.9 Å². The molecule has 0 spiro atoms. The molecule has 1 aromatic heterocycles. The van der Waals surface area contributed by atoms with Crippen molar-refractivity contribution >= 4 is 39.0 Å². The van der Waals surface area contributed by atoms with Crippen LogP contribution in [0.5, 0.6) is 0 Å². The third-order valence-corrected chi connectivity index (χ3v) is 2.62. The summed E-state index contributed by atoms with van der Waals surface area (Å²) < 4.78 is 1.90. The molecular formula is C11H7BrN2O3. The Bertz CT molecular complexity index is 676. The molecule has 1 N–H and O–H groups in total. The Labute approximate surface area is 104 Å². The number of halogens is 1. The molecule has 0 aliphatic heterocycles. The number of fused-ring (bicyclic) bond motifs is 1. The number of carboxylic acids is 1. The first kappa shape index (κ1) is 11.5. The lowest BCUT2D eigenvalue weighted by Gasteiger charge is -2.01. The van der Waals surface area contributed by atoms with Crippen molar-refractivity contribution in [3.63, 3.8) is 0 Å². The van der Waals surface area contributed by atoms with Crippen LogP contribution in [0.3, 0.4) is 0 Å². The molecule has 0 atom stereocenters. The monoisotopic (exact) mass is 294 g/mol. The summed E-state index contributed by atoms with van der Waals surface area (Å²) in [5.41, 5.74) is 0.256. The van der Waals surface area contributed by atoms with E-state index in [9.17, 15) is 9.59 Å². The Morgan fingerprint density at radius 2 is 2.24 bits per heavy atom. The smallest absolute Gasteiger partial charge is 0.329 e. The summed E-state index contributed by atoms with van der Waals surface area (Å²) in [6.07, 6.45) is 3.34. The van der Waals surface area contributed by atoms with Gasteiger partial charge in [0, 0.05) is 16.7 Å². The van der Waals surface area contributed by atoms with Crippen molar-refractivity contribution in [2.75, 3.05) is 0 Å². The number of aromatic nitrogens is 2. The summed E-state index contributed by atoms with van der Waals surface area (Å²) in [7, 11) is 0. The minimum atomic E-state index is -1.12. The number of hydrogen-bond acceptors (Lipinski definition) is 3. The maximum atomic E-state index is 12.0. The lowest BCUT2D eigenvalue weighted by atomic mass is 10.2. The normalized spacial score (nSPS) is 11.1. The van der Waals surface area contributed by atoms with Gasteiger partial charge in [0.2, 0.25) is 0 Å². The molecule has 86 valence electrons. The maximum Gasteiger partial charge on any atom is 0.329 e. The van der Waals surface area contributed by atoms with Crippen LogP contribution in [-0.2, 0) is 4.79 Å². The van der Waals surface area contributed by atoms with Crippen molar-refractivity contribution in [1.29, 1.82) is 0 Å². The van der Waals surface area contributed by atoms with Crippen LogP contribution in [0.15, 0.2) is 39.9 Å². The van der Waals surface area contributed by atoms with Gasteiger partial charge in [-0.05, 0) is 18.2 Å². The van der Waals surface area contributed by atoms with Crippen LogP contribution in [0.1, 0.15) is 0 Å². The van der Waals surface area contributed by atoms with E-state index in [-0.39, 0.29) is 5.56 Å². The lowest BCUT2D eigenvalue weighted by molar-refractivity contribution is -0.131. The number of aliphatic carboxylic acids is 1. The summed E-state index contributed by atoms with van der Waals surface area (Å²) >= 11 is 3.27. The molecule has 0 saturated heterocycles. The third-order valence-electron chi connectivity index (χ3n) is 2.12. The van der Waals surface area contributed by atoms with Gasteiger partial charge in [0.25, 0.3) is 5.56 Å². The van der Waals surface area contributed by atoms with Crippen molar-refractivity contribution in [3.8, 4) is 0 Å². The molecule has 0 unspecified atom stereocenters. The molecule has 17 heavy (non-hydrogen) atoms. The maximum absolute atomic E-state index is 12.0. The molecule has 1 heterocycles. The molecule has 0 bridgehead atoms. The van der Waals surface area contributed by atoms with Gasteiger partial charge in [-0.25, -0.2) is 9.78 Å². The summed E-state index contributed by atoms with van der Waals surface area (Å²) in [6, 6.07) is 5.15. The van der Waals surface area contributed by atoms with E-state index in [1.54, 1.807) is 18.2 Å². The highest BCUT2D eigenvalue weighted by atomic mass is 79.9. The zero-order chi connectivity index (χ0) is 12.4. The average Bonchev–Trinajstić information content (AvgIpc) is 2.29. The van der Waals surface area contributed by atoms with Gasteiger partial charge in [0.1, 0.15) is 6.33 Å². The summed E-state index contributed by atoms with van der Waals surface area (Å²) in [5, 5.41) is 8.92. The molecule has 0 saturated carbocycles. The number of carboxylic acid groups (broad SMARTS) is 1. The van der Waals surface area contributed by atoms with Gasteiger partial charge in [-0.1, -0.05) is 15.9 Å². The second-order valence-electron chi connectivity index (χ2n) is 3.27. The van der Waals surface area contributed by atoms with Crippen molar-refractivity contribution in [3.05, 3.63) is 45.4 Å². The van der Waals surface area contributed by atoms with Gasteiger partial charge in [-0.15, -0.1) is 0 Å². The van der Waals surface area contributed by atoms with Crippen molar-refractivity contribution < 1.29 is 9.90 Å². The van der Waals surface area contributed by atoms with Gasteiger partial charge in [0.15, 0.2) is 0 Å². The molecule has 0 radical (unpaired) electrons. The largest absolute Gasteiger partial charge is 0.478 e. The standard InChI is InChI=1S/C11H7BrN2O3/c12-7-1-2-9-8(5-7)11(17)14(6-13-9)4-3-10(15)16/h1-6H,(H,15,16)/b4-3+. The summed E-state index contributed by atoms with van der Waals surface area (Å²) in [4.78, 5) is 26.4. The van der Waals surface area contributed by atoms with Crippen LogP contribution in [0, 0.1) is 0 Å². The molecule has 6 heteroatoms. The number of benzene rings is 1. The highest BCUT2D eigenvalue weighted by molar-refractivity contribution is 9.10. The first-order valence-corrected chi connectivity index (χ1v) is 5.45. The van der Waals surface area contributed by atoms with Crippen molar-refractivity contribution in [2.24, 2.45) is 0 Å². The second kappa shape index (κ2) is 4.50. The van der Waals surface area contributed by atoms with Crippen molar-refractivity contribution in [2.45, 2.75) is 0 Å². The number of rotatable bonds is 2. The van der Waals surface area contributed by atoms with Crippen LogP contribution in [-0.4, -0.2) is 20.6 Å². The van der Waals surface area contributed by atoms with Crippen LogP contribution >= 0.6 is 15.9 Å². The molecule has 0 aliphatic rings. The van der Waals surface area contributed by atoms with Gasteiger partial charge >= 0.3 is 5.97 Å². The fourth-order valence-electron chi connectivity index (χ4n) is 1.36. The first-order chi connectivity index (χ1) is 8.08. The van der Waals surface area contributed by atoms with E-state index in [0.717, 1.165) is 21.3 Å². The summed E-state index contributed by atoms with van der Waals surface area (Å²) in [5.74, 6) is -1.12. The van der Waals surface area contributed by atoms with E-state index in [1.165, 1.54) is 6.33 Å². The van der Waals surface area contributed by atoms with E-state index in [2.05, 4.69) is 20.9 Å². The Balaban J connectivity index is 2.65. The lowest BCUT2D eigenvalue weighted by Crippen LogP contribution is -2.16. The Hall–Kier alpha value is -1.95. The highest BCUT2D eigenvalue weighted by Crippen LogP contribution is 2.14. The first-order valence-electron chi connectivity index (χ1n) is 4.65. The van der Waals surface area contributed by atoms with Crippen LogP contribution < -0.4 is 5.56 Å². The quantitative estimate of drug-likeness (QED) is 0.856. The molecule has 2 aromatic rings.